The van der Waals surface area contributed by atoms with Crippen LogP contribution in [0.5, 0.6) is 23.0 Å². The average molecular weight is 415 g/mol. The summed E-state index contributed by atoms with van der Waals surface area (Å²) in [6.45, 7) is 11.3. The van der Waals surface area contributed by atoms with Crippen LogP contribution in [0.4, 0.5) is 0 Å². The van der Waals surface area contributed by atoms with Crippen LogP contribution < -0.4 is 18.9 Å². The van der Waals surface area contributed by atoms with Crippen molar-refractivity contribution in [3.05, 3.63) is 47.5 Å². The van der Waals surface area contributed by atoms with Crippen LogP contribution in [0.2, 0.25) is 0 Å². The molecule has 1 saturated heterocycles. The molecule has 0 amide bonds. The zero-order chi connectivity index (χ0) is 21.3. The van der Waals surface area contributed by atoms with Crippen molar-refractivity contribution in [2.75, 3.05) is 53.6 Å². The fourth-order valence-corrected chi connectivity index (χ4v) is 3.80. The molecule has 0 atom stereocenters. The fourth-order valence-electron chi connectivity index (χ4n) is 3.80. The van der Waals surface area contributed by atoms with Crippen LogP contribution in [-0.2, 0) is 13.1 Å². The van der Waals surface area contributed by atoms with Gasteiger partial charge in [0.05, 0.1) is 27.4 Å². The molecule has 0 spiro atoms. The molecule has 2 aromatic rings. The average Bonchev–Trinajstić information content (AvgIpc) is 2.76. The molecule has 0 bridgehead atoms. The van der Waals surface area contributed by atoms with Crippen LogP contribution in [0.25, 0.3) is 0 Å². The number of hydrogen-bond donors (Lipinski definition) is 0. The van der Waals surface area contributed by atoms with Gasteiger partial charge in [0.2, 0.25) is 0 Å². The molecule has 0 aromatic heterocycles. The molecule has 164 valence electrons. The summed E-state index contributed by atoms with van der Waals surface area (Å²) in [5.74, 6) is 3.22. The molecular weight excluding hydrogens is 380 g/mol. The molecule has 6 heteroatoms. The van der Waals surface area contributed by atoms with E-state index in [2.05, 4.69) is 34.1 Å². The monoisotopic (exact) mass is 414 g/mol. The number of piperazine rings is 1. The van der Waals surface area contributed by atoms with Crippen LogP contribution in [0.3, 0.4) is 0 Å². The van der Waals surface area contributed by atoms with Crippen molar-refractivity contribution in [3.8, 4) is 23.0 Å². The highest BCUT2D eigenvalue weighted by atomic mass is 16.5. The smallest absolute Gasteiger partial charge is 0.161 e. The molecule has 0 aliphatic carbocycles. The second-order valence-corrected chi connectivity index (χ2v) is 7.39. The van der Waals surface area contributed by atoms with Crippen molar-refractivity contribution >= 4 is 0 Å². The van der Waals surface area contributed by atoms with Gasteiger partial charge in [-0.2, -0.15) is 0 Å². The Balaban J connectivity index is 1.54. The number of hydrogen-bond acceptors (Lipinski definition) is 6. The Morgan fingerprint density at radius 2 is 1.03 bits per heavy atom. The zero-order valence-corrected chi connectivity index (χ0v) is 18.6. The molecule has 2 aromatic carbocycles. The SMILES string of the molecule is CCOc1cc(CN2CCN(Cc3ccc(OC)c(OCC)c3)CC2)ccc1OC. The van der Waals surface area contributed by atoms with E-state index in [1.54, 1.807) is 14.2 Å². The van der Waals surface area contributed by atoms with E-state index in [1.165, 1.54) is 11.1 Å². The third-order valence-corrected chi connectivity index (χ3v) is 5.33. The first-order valence-corrected chi connectivity index (χ1v) is 10.7. The minimum Gasteiger partial charge on any atom is -0.493 e. The predicted octanol–water partition coefficient (Wildman–Crippen LogP) is 3.82. The molecule has 3 rings (SSSR count). The maximum absolute atomic E-state index is 5.71. The van der Waals surface area contributed by atoms with Gasteiger partial charge in [-0.1, -0.05) is 12.1 Å². The van der Waals surface area contributed by atoms with E-state index in [1.807, 2.05) is 26.0 Å². The molecule has 0 radical (unpaired) electrons. The number of ether oxygens (including phenoxy) is 4. The second-order valence-electron chi connectivity index (χ2n) is 7.39. The number of rotatable bonds is 10. The third kappa shape index (κ3) is 5.80. The Morgan fingerprint density at radius 3 is 1.37 bits per heavy atom. The Labute approximate surface area is 180 Å². The lowest BCUT2D eigenvalue weighted by Gasteiger charge is -2.35. The van der Waals surface area contributed by atoms with E-state index in [0.717, 1.165) is 62.3 Å². The van der Waals surface area contributed by atoms with Crippen molar-refractivity contribution in [2.45, 2.75) is 26.9 Å². The van der Waals surface area contributed by atoms with Gasteiger partial charge in [-0.3, -0.25) is 9.80 Å². The molecule has 6 nitrogen and oxygen atoms in total. The van der Waals surface area contributed by atoms with Crippen LogP contribution in [-0.4, -0.2) is 63.4 Å². The van der Waals surface area contributed by atoms with Gasteiger partial charge in [0, 0.05) is 39.3 Å². The van der Waals surface area contributed by atoms with Crippen LogP contribution in [0, 0.1) is 0 Å². The molecular formula is C24H34N2O4. The summed E-state index contributed by atoms with van der Waals surface area (Å²) in [5.41, 5.74) is 2.51. The Morgan fingerprint density at radius 1 is 0.633 bits per heavy atom. The normalized spacial score (nSPS) is 15.1. The van der Waals surface area contributed by atoms with Crippen LogP contribution in [0.15, 0.2) is 36.4 Å². The second kappa shape index (κ2) is 11.1. The van der Waals surface area contributed by atoms with E-state index >= 15 is 0 Å². The molecule has 0 unspecified atom stereocenters. The Kier molecular flexibility index (Phi) is 8.22. The minimum atomic E-state index is 0.634. The van der Waals surface area contributed by atoms with Crippen LogP contribution >= 0.6 is 0 Å². The van der Waals surface area contributed by atoms with Crippen molar-refractivity contribution in [1.29, 1.82) is 0 Å². The number of methoxy groups -OCH3 is 2. The summed E-state index contributed by atoms with van der Waals surface area (Å²) < 4.78 is 22.2. The van der Waals surface area contributed by atoms with Gasteiger partial charge in [0.15, 0.2) is 23.0 Å². The highest BCUT2D eigenvalue weighted by molar-refractivity contribution is 5.43. The summed E-state index contributed by atoms with van der Waals surface area (Å²) in [6, 6.07) is 12.4. The topological polar surface area (TPSA) is 43.4 Å². The maximum atomic E-state index is 5.71. The van der Waals surface area contributed by atoms with Crippen molar-refractivity contribution in [1.82, 2.24) is 9.80 Å². The quantitative estimate of drug-likeness (QED) is 0.589. The van der Waals surface area contributed by atoms with Gasteiger partial charge in [0.25, 0.3) is 0 Å². The predicted molar refractivity (Wildman–Crippen MR) is 119 cm³/mol. The molecule has 1 fully saturated rings. The van der Waals surface area contributed by atoms with E-state index in [4.69, 9.17) is 18.9 Å². The Bertz CT molecular complexity index is 736. The summed E-state index contributed by atoms with van der Waals surface area (Å²) in [4.78, 5) is 4.99. The first-order valence-electron chi connectivity index (χ1n) is 10.7. The first-order chi connectivity index (χ1) is 14.7. The molecule has 1 aliphatic heterocycles. The Hall–Kier alpha value is -2.44. The van der Waals surface area contributed by atoms with E-state index in [-0.39, 0.29) is 0 Å². The van der Waals surface area contributed by atoms with Gasteiger partial charge < -0.3 is 18.9 Å². The molecule has 0 saturated carbocycles. The minimum absolute atomic E-state index is 0.634. The molecule has 0 N–H and O–H groups in total. The van der Waals surface area contributed by atoms with E-state index < -0.39 is 0 Å². The lowest BCUT2D eigenvalue weighted by Crippen LogP contribution is -2.45. The van der Waals surface area contributed by atoms with Crippen LogP contribution in [0.1, 0.15) is 25.0 Å². The lowest BCUT2D eigenvalue weighted by molar-refractivity contribution is 0.122. The summed E-state index contributed by atoms with van der Waals surface area (Å²) >= 11 is 0. The lowest BCUT2D eigenvalue weighted by atomic mass is 10.1. The largest absolute Gasteiger partial charge is 0.493 e. The maximum Gasteiger partial charge on any atom is 0.161 e. The van der Waals surface area contributed by atoms with E-state index in [0.29, 0.717) is 13.2 Å². The van der Waals surface area contributed by atoms with Gasteiger partial charge in [-0.05, 0) is 49.2 Å². The summed E-state index contributed by atoms with van der Waals surface area (Å²) in [6.07, 6.45) is 0. The highest BCUT2D eigenvalue weighted by Crippen LogP contribution is 2.30. The molecule has 1 aliphatic rings. The molecule has 30 heavy (non-hydrogen) atoms. The number of nitrogens with zero attached hydrogens (tertiary/aromatic N) is 2. The van der Waals surface area contributed by atoms with Crippen molar-refractivity contribution in [2.24, 2.45) is 0 Å². The van der Waals surface area contributed by atoms with E-state index in [9.17, 15) is 0 Å². The fraction of sp³-hybridized carbons (Fsp3) is 0.500. The van der Waals surface area contributed by atoms with Crippen molar-refractivity contribution in [3.63, 3.8) is 0 Å². The van der Waals surface area contributed by atoms with Gasteiger partial charge >= 0.3 is 0 Å². The number of benzene rings is 2. The standard InChI is InChI=1S/C24H34N2O4/c1-5-29-23-15-19(7-9-21(23)27-3)17-25-11-13-26(14-12-25)18-20-8-10-22(28-4)24(16-20)30-6-2/h7-10,15-16H,5-6,11-14,17-18H2,1-4H3. The van der Waals surface area contributed by atoms with Gasteiger partial charge in [-0.25, -0.2) is 0 Å². The van der Waals surface area contributed by atoms with Gasteiger partial charge in [-0.15, -0.1) is 0 Å². The van der Waals surface area contributed by atoms with Gasteiger partial charge in [0.1, 0.15) is 0 Å². The summed E-state index contributed by atoms with van der Waals surface area (Å²) in [7, 11) is 3.35. The molecule has 1 heterocycles. The van der Waals surface area contributed by atoms with Crippen molar-refractivity contribution < 1.29 is 18.9 Å². The zero-order valence-electron chi connectivity index (χ0n) is 18.6. The third-order valence-electron chi connectivity index (χ3n) is 5.33. The highest BCUT2D eigenvalue weighted by Gasteiger charge is 2.18. The first kappa shape index (κ1) is 22.2. The summed E-state index contributed by atoms with van der Waals surface area (Å²) in [5, 5.41) is 0.